The van der Waals surface area contributed by atoms with Crippen molar-refractivity contribution in [2.45, 2.75) is 37.5 Å². The van der Waals surface area contributed by atoms with E-state index in [4.69, 9.17) is 4.74 Å². The highest BCUT2D eigenvalue weighted by molar-refractivity contribution is 7.38. The molecule has 3 aromatic rings. The van der Waals surface area contributed by atoms with Gasteiger partial charge in [0.05, 0.1) is 13.7 Å². The van der Waals surface area contributed by atoms with Gasteiger partial charge in [0.15, 0.2) is 5.15 Å². The van der Waals surface area contributed by atoms with Gasteiger partial charge >= 0.3 is 5.97 Å². The van der Waals surface area contributed by atoms with Crippen molar-refractivity contribution in [3.63, 3.8) is 0 Å². The van der Waals surface area contributed by atoms with Crippen molar-refractivity contribution in [3.8, 4) is 11.1 Å². The molecule has 10 heteroatoms. The van der Waals surface area contributed by atoms with Gasteiger partial charge in [0, 0.05) is 34.0 Å². The molecule has 0 N–H and O–H groups in total. The minimum absolute atomic E-state index is 0.102. The number of rotatable bonds is 7. The number of aromatic nitrogens is 2. The first-order valence-electron chi connectivity index (χ1n) is 11.2. The number of esters is 1. The molecular formula is C25H28FN3O3P2S. The van der Waals surface area contributed by atoms with E-state index >= 15 is 4.39 Å². The number of nitrogens with zero attached hydrogens (tertiary/aromatic N) is 3. The van der Waals surface area contributed by atoms with Gasteiger partial charge < -0.3 is 9.64 Å². The summed E-state index contributed by atoms with van der Waals surface area (Å²) in [7, 11) is 5.61. The summed E-state index contributed by atoms with van der Waals surface area (Å²) in [5, 5.41) is 2.47. The third-order valence-corrected chi connectivity index (χ3v) is 7.94. The number of benzene rings is 1. The molecule has 35 heavy (non-hydrogen) atoms. The Bertz CT molecular complexity index is 1280. The number of hydrogen-bond acceptors (Lipinski definition) is 5. The molecule has 4 rings (SSSR count). The Kier molecular flexibility index (Phi) is 7.56. The molecule has 0 aliphatic carbocycles. The van der Waals surface area contributed by atoms with Crippen LogP contribution >= 0.6 is 29.8 Å². The van der Waals surface area contributed by atoms with Crippen molar-refractivity contribution < 1.29 is 18.7 Å². The molecular weight excluding hydrogens is 503 g/mol. The first-order chi connectivity index (χ1) is 16.7. The number of ether oxygens (including phenoxy) is 1. The van der Waals surface area contributed by atoms with Crippen LogP contribution in [0.2, 0.25) is 0 Å². The number of methoxy groups -OCH3 is 1. The van der Waals surface area contributed by atoms with Gasteiger partial charge in [-0.1, -0.05) is 56.2 Å². The number of fused-ring (bicyclic) bond motifs is 1. The van der Waals surface area contributed by atoms with Gasteiger partial charge in [-0.25, -0.2) is 4.39 Å². The van der Waals surface area contributed by atoms with E-state index in [-0.39, 0.29) is 24.1 Å². The van der Waals surface area contributed by atoms with Gasteiger partial charge in [0.25, 0.3) is 0 Å². The fourth-order valence-corrected chi connectivity index (χ4v) is 6.05. The van der Waals surface area contributed by atoms with Crippen LogP contribution in [0.3, 0.4) is 0 Å². The lowest BCUT2D eigenvalue weighted by molar-refractivity contribution is -0.141. The number of thiophene rings is 1. The van der Waals surface area contributed by atoms with Crippen molar-refractivity contribution in [1.82, 2.24) is 14.7 Å². The average Bonchev–Trinajstić information content (AvgIpc) is 3.46. The third-order valence-electron chi connectivity index (χ3n) is 6.11. The zero-order valence-corrected chi connectivity index (χ0v) is 22.8. The van der Waals surface area contributed by atoms with E-state index in [9.17, 15) is 9.59 Å². The van der Waals surface area contributed by atoms with Crippen molar-refractivity contribution in [3.05, 3.63) is 75.8 Å². The van der Waals surface area contributed by atoms with Crippen LogP contribution in [0.25, 0.3) is 11.1 Å². The molecule has 1 amide bonds. The fraction of sp³-hybridized carbons (Fsp3) is 0.320. The maximum Gasteiger partial charge on any atom is 0.327 e. The lowest BCUT2D eigenvalue weighted by atomic mass is 9.83. The van der Waals surface area contributed by atoms with Gasteiger partial charge in [0.2, 0.25) is 5.91 Å². The summed E-state index contributed by atoms with van der Waals surface area (Å²) < 4.78 is 21.4. The highest BCUT2D eigenvalue weighted by atomic mass is 32.1. The predicted octanol–water partition coefficient (Wildman–Crippen LogP) is 4.84. The Labute approximate surface area is 212 Å². The van der Waals surface area contributed by atoms with Gasteiger partial charge in [-0.3, -0.25) is 14.3 Å². The minimum Gasteiger partial charge on any atom is -0.468 e. The summed E-state index contributed by atoms with van der Waals surface area (Å²) in [4.78, 5) is 28.7. The predicted molar refractivity (Wildman–Crippen MR) is 143 cm³/mol. The number of carbonyl (C=O) groups is 2. The molecule has 3 heterocycles. The summed E-state index contributed by atoms with van der Waals surface area (Å²) in [5.41, 5.74) is 3.72. The SMILES string of the molecule is C=CC(=O)N1Cc2sc(CC)cc2[C@H](c2ccccc2-c2cn(CC(=O)OC)nc2C(F)(P)P)C1. The minimum atomic E-state index is -1.90. The molecule has 2 aromatic heterocycles. The zero-order chi connectivity index (χ0) is 25.3. The summed E-state index contributed by atoms with van der Waals surface area (Å²) in [6.07, 6.45) is 3.93. The highest BCUT2D eigenvalue weighted by Crippen LogP contribution is 2.47. The number of alkyl halides is 1. The van der Waals surface area contributed by atoms with E-state index in [1.165, 1.54) is 28.3 Å². The number of halogens is 1. The van der Waals surface area contributed by atoms with Crippen LogP contribution in [-0.4, -0.2) is 40.2 Å². The quantitative estimate of drug-likeness (QED) is 0.249. The van der Waals surface area contributed by atoms with Crippen LogP contribution in [0.5, 0.6) is 0 Å². The van der Waals surface area contributed by atoms with Crippen molar-refractivity contribution in [2.75, 3.05) is 13.7 Å². The van der Waals surface area contributed by atoms with Crippen LogP contribution in [0.1, 0.15) is 39.4 Å². The van der Waals surface area contributed by atoms with Gasteiger partial charge in [-0.2, -0.15) is 5.10 Å². The fourth-order valence-electron chi connectivity index (χ4n) is 4.44. The largest absolute Gasteiger partial charge is 0.468 e. The Morgan fingerprint density at radius 1 is 1.31 bits per heavy atom. The topological polar surface area (TPSA) is 64.4 Å². The molecule has 0 saturated carbocycles. The molecule has 2 unspecified atom stereocenters. The normalized spacial score (nSPS) is 15.6. The summed E-state index contributed by atoms with van der Waals surface area (Å²) >= 11 is 1.73. The van der Waals surface area contributed by atoms with Crippen LogP contribution in [0, 0.1) is 0 Å². The Morgan fingerprint density at radius 2 is 2.06 bits per heavy atom. The molecule has 0 radical (unpaired) electrons. The first-order valence-corrected chi connectivity index (χ1v) is 13.2. The third kappa shape index (κ3) is 5.25. The number of hydrogen-bond donors (Lipinski definition) is 0. The van der Waals surface area contributed by atoms with Crippen LogP contribution in [-0.2, 0) is 39.0 Å². The van der Waals surface area contributed by atoms with E-state index in [0.29, 0.717) is 18.7 Å². The Balaban J connectivity index is 1.87. The second kappa shape index (κ2) is 10.3. The Morgan fingerprint density at radius 3 is 2.71 bits per heavy atom. The lowest BCUT2D eigenvalue weighted by Crippen LogP contribution is -2.37. The smallest absolute Gasteiger partial charge is 0.327 e. The van der Waals surface area contributed by atoms with Crippen LogP contribution in [0.4, 0.5) is 4.39 Å². The number of carbonyl (C=O) groups excluding carboxylic acids is 2. The standard InChI is InChI=1S/C25H28FN3O3P2S/c1-4-15-10-18-19(11-28(22(30)5-2)13-21(18)35-15)16-8-6-7-9-17(16)20-12-29(14-23(31)32-3)27-24(20)25(26,33)34/h5-10,12,19H,2,4,11,13-14,33-34H2,1,3H3/t19-/m0/s1. The summed E-state index contributed by atoms with van der Waals surface area (Å²) in [5.74, 6) is -0.694. The maximum atomic E-state index is 15.2. The molecule has 6 nitrogen and oxygen atoms in total. The number of amides is 1. The molecule has 0 saturated heterocycles. The molecule has 0 bridgehead atoms. The Hall–Kier alpha value is -2.40. The number of aryl methyl sites for hydroxylation is 1. The molecule has 0 fully saturated rings. The summed E-state index contributed by atoms with van der Waals surface area (Å²) in [6.45, 7) is 6.70. The van der Waals surface area contributed by atoms with Crippen molar-refractivity contribution in [2.24, 2.45) is 0 Å². The average molecular weight is 532 g/mol. The van der Waals surface area contributed by atoms with E-state index in [2.05, 4.69) is 43.1 Å². The van der Waals surface area contributed by atoms with E-state index in [1.54, 1.807) is 22.4 Å². The van der Waals surface area contributed by atoms with E-state index in [0.717, 1.165) is 22.4 Å². The molecule has 1 aromatic carbocycles. The molecule has 3 atom stereocenters. The molecule has 1 aliphatic rings. The maximum absolute atomic E-state index is 15.2. The first kappa shape index (κ1) is 25.7. The van der Waals surface area contributed by atoms with E-state index in [1.807, 2.05) is 24.3 Å². The lowest BCUT2D eigenvalue weighted by Gasteiger charge is -2.33. The molecule has 0 spiro atoms. The van der Waals surface area contributed by atoms with Crippen LogP contribution in [0.15, 0.2) is 49.2 Å². The van der Waals surface area contributed by atoms with Crippen molar-refractivity contribution >= 4 is 41.7 Å². The highest BCUT2D eigenvalue weighted by Gasteiger charge is 2.34. The van der Waals surface area contributed by atoms with Gasteiger partial charge in [-0.15, -0.1) is 11.3 Å². The van der Waals surface area contributed by atoms with Gasteiger partial charge in [-0.05, 0) is 35.3 Å². The van der Waals surface area contributed by atoms with Gasteiger partial charge in [0.1, 0.15) is 12.2 Å². The van der Waals surface area contributed by atoms with Crippen LogP contribution < -0.4 is 0 Å². The van der Waals surface area contributed by atoms with E-state index < -0.39 is 11.1 Å². The summed E-state index contributed by atoms with van der Waals surface area (Å²) in [6, 6.07) is 10.0. The molecule has 184 valence electrons. The zero-order valence-electron chi connectivity index (χ0n) is 19.7. The second-order valence-electron chi connectivity index (χ2n) is 8.44. The van der Waals surface area contributed by atoms with Crippen molar-refractivity contribution in [1.29, 1.82) is 0 Å². The monoisotopic (exact) mass is 531 g/mol. The second-order valence-corrected chi connectivity index (χ2v) is 12.0. The molecule has 1 aliphatic heterocycles.